The predicted molar refractivity (Wildman–Crippen MR) is 94.4 cm³/mol. The topological polar surface area (TPSA) is 35.9 Å². The lowest BCUT2D eigenvalue weighted by atomic mass is 10.1. The van der Waals surface area contributed by atoms with E-state index in [1.807, 2.05) is 18.7 Å². The van der Waals surface area contributed by atoms with Crippen LogP contribution in [0.15, 0.2) is 24.3 Å². The van der Waals surface area contributed by atoms with Crippen LogP contribution in [0.4, 0.5) is 18.9 Å². The van der Waals surface area contributed by atoms with E-state index in [0.717, 1.165) is 6.07 Å². The molecule has 0 bridgehead atoms. The molecule has 1 unspecified atom stereocenters. The minimum absolute atomic E-state index is 0. The SMILES string of the molecule is CC(C)OCC(O)CN1CCN(c2cccc(C(F)(F)F)c2)CC1.Cl. The maximum Gasteiger partial charge on any atom is 0.416 e. The fourth-order valence-electron chi connectivity index (χ4n) is 2.72. The first kappa shape index (κ1) is 22.0. The Balaban J connectivity index is 0.00000312. The van der Waals surface area contributed by atoms with Gasteiger partial charge in [-0.25, -0.2) is 0 Å². The summed E-state index contributed by atoms with van der Waals surface area (Å²) in [4.78, 5) is 4.06. The Hall–Kier alpha value is -1.02. The van der Waals surface area contributed by atoms with Gasteiger partial charge in [-0.05, 0) is 32.0 Å². The molecule has 0 aromatic heterocycles. The second-order valence-electron chi connectivity index (χ2n) is 6.37. The zero-order valence-corrected chi connectivity index (χ0v) is 15.3. The number of anilines is 1. The number of β-amino-alcohol motifs (C(OH)–C–C–N with tert-alkyl or cyclic N) is 1. The lowest BCUT2D eigenvalue weighted by Crippen LogP contribution is -2.49. The first-order valence-corrected chi connectivity index (χ1v) is 8.20. The van der Waals surface area contributed by atoms with Crippen molar-refractivity contribution in [1.29, 1.82) is 0 Å². The van der Waals surface area contributed by atoms with Gasteiger partial charge in [0.15, 0.2) is 0 Å². The number of rotatable bonds is 6. The molecule has 4 nitrogen and oxygen atoms in total. The number of aliphatic hydroxyl groups excluding tert-OH is 1. The summed E-state index contributed by atoms with van der Waals surface area (Å²) in [6.45, 7) is 7.33. The Morgan fingerprint density at radius 3 is 2.36 bits per heavy atom. The molecule has 0 aliphatic carbocycles. The average Bonchev–Trinajstić information content (AvgIpc) is 2.53. The summed E-state index contributed by atoms with van der Waals surface area (Å²) in [6, 6.07) is 5.43. The van der Waals surface area contributed by atoms with E-state index in [4.69, 9.17) is 4.74 Å². The van der Waals surface area contributed by atoms with Gasteiger partial charge < -0.3 is 14.7 Å². The molecule has 1 aliphatic rings. The van der Waals surface area contributed by atoms with Gasteiger partial charge in [0.2, 0.25) is 0 Å². The lowest BCUT2D eigenvalue weighted by Gasteiger charge is -2.37. The summed E-state index contributed by atoms with van der Waals surface area (Å²) in [5.74, 6) is 0. The van der Waals surface area contributed by atoms with Gasteiger partial charge in [-0.15, -0.1) is 12.4 Å². The molecule has 1 heterocycles. The van der Waals surface area contributed by atoms with Crippen molar-refractivity contribution in [2.75, 3.05) is 44.2 Å². The number of benzene rings is 1. The molecule has 8 heteroatoms. The van der Waals surface area contributed by atoms with Crippen LogP contribution < -0.4 is 4.90 Å². The van der Waals surface area contributed by atoms with Crippen LogP contribution in [-0.4, -0.2) is 61.5 Å². The molecule has 1 aliphatic heterocycles. The average molecular weight is 383 g/mol. The molecule has 0 radical (unpaired) electrons. The van der Waals surface area contributed by atoms with Crippen LogP contribution in [0.25, 0.3) is 0 Å². The van der Waals surface area contributed by atoms with Gasteiger partial charge in [0, 0.05) is 38.4 Å². The molecule has 1 saturated heterocycles. The number of aliphatic hydroxyl groups is 1. The number of ether oxygens (including phenoxy) is 1. The first-order valence-electron chi connectivity index (χ1n) is 8.20. The normalized spacial score (nSPS) is 17.5. The van der Waals surface area contributed by atoms with E-state index < -0.39 is 17.8 Å². The third-order valence-corrected chi connectivity index (χ3v) is 4.00. The largest absolute Gasteiger partial charge is 0.416 e. The van der Waals surface area contributed by atoms with Crippen LogP contribution in [-0.2, 0) is 10.9 Å². The van der Waals surface area contributed by atoms with Crippen LogP contribution in [0.1, 0.15) is 19.4 Å². The zero-order chi connectivity index (χ0) is 17.7. The van der Waals surface area contributed by atoms with Crippen molar-refractivity contribution < 1.29 is 23.0 Å². The highest BCUT2D eigenvalue weighted by Crippen LogP contribution is 2.31. The van der Waals surface area contributed by atoms with E-state index in [2.05, 4.69) is 4.90 Å². The summed E-state index contributed by atoms with van der Waals surface area (Å²) >= 11 is 0. The summed E-state index contributed by atoms with van der Waals surface area (Å²) < 4.78 is 43.8. The van der Waals surface area contributed by atoms with E-state index in [-0.39, 0.29) is 18.5 Å². The van der Waals surface area contributed by atoms with Gasteiger partial charge >= 0.3 is 6.18 Å². The Bertz CT molecular complexity index is 521. The smallest absolute Gasteiger partial charge is 0.389 e. The molecule has 0 saturated carbocycles. The molecule has 1 atom stereocenters. The second kappa shape index (κ2) is 9.62. The van der Waals surface area contributed by atoms with Crippen molar-refractivity contribution in [3.8, 4) is 0 Å². The summed E-state index contributed by atoms with van der Waals surface area (Å²) in [6.07, 6.45) is -4.79. The molecule has 2 rings (SSSR count). The summed E-state index contributed by atoms with van der Waals surface area (Å²) in [5.41, 5.74) is -0.0307. The van der Waals surface area contributed by atoms with E-state index in [1.54, 1.807) is 6.07 Å². The van der Waals surface area contributed by atoms with Gasteiger partial charge in [0.1, 0.15) is 0 Å². The molecule has 1 fully saturated rings. The minimum Gasteiger partial charge on any atom is -0.389 e. The Kier molecular flexibility index (Phi) is 8.47. The van der Waals surface area contributed by atoms with Gasteiger partial charge in [-0.2, -0.15) is 13.2 Å². The van der Waals surface area contributed by atoms with Crippen molar-refractivity contribution in [3.63, 3.8) is 0 Å². The molecule has 1 N–H and O–H groups in total. The van der Waals surface area contributed by atoms with Gasteiger partial charge in [0.05, 0.1) is 24.4 Å². The zero-order valence-electron chi connectivity index (χ0n) is 14.5. The van der Waals surface area contributed by atoms with Crippen molar-refractivity contribution in [1.82, 2.24) is 4.90 Å². The number of hydrogen-bond donors (Lipinski definition) is 1. The molecule has 1 aromatic carbocycles. The Morgan fingerprint density at radius 2 is 1.80 bits per heavy atom. The quantitative estimate of drug-likeness (QED) is 0.820. The molecule has 0 spiro atoms. The number of nitrogens with zero attached hydrogens (tertiary/aromatic N) is 2. The fraction of sp³-hybridized carbons (Fsp3) is 0.647. The number of piperazine rings is 1. The standard InChI is InChI=1S/C17H25F3N2O2.ClH/c1-13(2)24-12-16(23)11-21-6-8-22(9-7-21)15-5-3-4-14(10-15)17(18,19)20;/h3-5,10,13,16,23H,6-9,11-12H2,1-2H3;1H. The van der Waals surface area contributed by atoms with E-state index in [9.17, 15) is 18.3 Å². The van der Waals surface area contributed by atoms with Gasteiger partial charge in [0.25, 0.3) is 0 Å². The van der Waals surface area contributed by atoms with Crippen LogP contribution in [0.5, 0.6) is 0 Å². The van der Waals surface area contributed by atoms with E-state index >= 15 is 0 Å². The summed E-state index contributed by atoms with van der Waals surface area (Å²) in [7, 11) is 0. The number of alkyl halides is 3. The highest BCUT2D eigenvalue weighted by molar-refractivity contribution is 5.85. The highest BCUT2D eigenvalue weighted by atomic mass is 35.5. The highest BCUT2D eigenvalue weighted by Gasteiger charge is 2.31. The second-order valence-corrected chi connectivity index (χ2v) is 6.37. The third-order valence-electron chi connectivity index (χ3n) is 4.00. The van der Waals surface area contributed by atoms with Crippen LogP contribution in [0, 0.1) is 0 Å². The Morgan fingerprint density at radius 1 is 1.16 bits per heavy atom. The van der Waals surface area contributed by atoms with Crippen molar-refractivity contribution >= 4 is 18.1 Å². The Labute approximate surface area is 153 Å². The molecular formula is C17H26ClF3N2O2. The van der Waals surface area contributed by atoms with E-state index in [1.165, 1.54) is 12.1 Å². The van der Waals surface area contributed by atoms with Crippen molar-refractivity contribution in [2.45, 2.75) is 32.2 Å². The fourth-order valence-corrected chi connectivity index (χ4v) is 2.72. The molecule has 0 amide bonds. The molecule has 1 aromatic rings. The predicted octanol–water partition coefficient (Wildman–Crippen LogP) is 3.04. The summed E-state index contributed by atoms with van der Waals surface area (Å²) in [5, 5.41) is 9.95. The van der Waals surface area contributed by atoms with Crippen LogP contribution in [0.3, 0.4) is 0 Å². The first-order chi connectivity index (χ1) is 11.3. The van der Waals surface area contributed by atoms with E-state index in [0.29, 0.717) is 45.0 Å². The maximum atomic E-state index is 12.8. The van der Waals surface area contributed by atoms with Gasteiger partial charge in [-0.3, -0.25) is 4.90 Å². The van der Waals surface area contributed by atoms with Crippen LogP contribution in [0.2, 0.25) is 0 Å². The van der Waals surface area contributed by atoms with Crippen molar-refractivity contribution in [3.05, 3.63) is 29.8 Å². The monoisotopic (exact) mass is 382 g/mol. The number of hydrogen-bond acceptors (Lipinski definition) is 4. The van der Waals surface area contributed by atoms with Gasteiger partial charge in [-0.1, -0.05) is 6.07 Å². The van der Waals surface area contributed by atoms with Crippen molar-refractivity contribution in [2.24, 2.45) is 0 Å². The number of halogens is 4. The minimum atomic E-state index is -4.32. The van der Waals surface area contributed by atoms with Crippen LogP contribution >= 0.6 is 12.4 Å². The lowest BCUT2D eigenvalue weighted by molar-refractivity contribution is -0.137. The third kappa shape index (κ3) is 7.01. The molecule has 25 heavy (non-hydrogen) atoms. The molecule has 144 valence electrons. The maximum absolute atomic E-state index is 12.8. The molecular weight excluding hydrogens is 357 g/mol.